The average molecular weight is 464 g/mol. The molecule has 0 unspecified atom stereocenters. The van der Waals surface area contributed by atoms with Gasteiger partial charge in [-0.25, -0.2) is 0 Å². The molecule has 0 aromatic heterocycles. The summed E-state index contributed by atoms with van der Waals surface area (Å²) < 4.78 is 3.59. The summed E-state index contributed by atoms with van der Waals surface area (Å²) >= 11 is -0.731. The average Bonchev–Trinajstić information content (AvgIpc) is 2.92. The van der Waals surface area contributed by atoms with E-state index < -0.39 is 22.9 Å². The molecule has 104 valence electrons. The third-order valence-corrected chi connectivity index (χ3v) is 9.11. The predicted octanol–water partition coefficient (Wildman–Crippen LogP) is -0.895. The van der Waals surface area contributed by atoms with Crippen LogP contribution in [0.25, 0.3) is 0 Å². The van der Waals surface area contributed by atoms with Gasteiger partial charge in [0.2, 0.25) is 0 Å². The number of rotatable bonds is 6. The van der Waals surface area contributed by atoms with E-state index in [0.717, 1.165) is 0 Å². The first-order valence-corrected chi connectivity index (χ1v) is 10.5. The maximum absolute atomic E-state index is 2.44. The van der Waals surface area contributed by atoms with E-state index in [-0.39, 0.29) is 24.8 Å². The van der Waals surface area contributed by atoms with Crippen molar-refractivity contribution in [2.24, 2.45) is 0 Å². The van der Waals surface area contributed by atoms with Gasteiger partial charge in [0.15, 0.2) is 0 Å². The molecule has 0 amide bonds. The standard InChI is InChI=1S/2C8H11.2ClH.Hf/c2*1-2-5-8-6-3-4-7-8;;;/h2*3-4H,2,5-6H2,1H3;2*1H;/q;;;;+2/p-2. The van der Waals surface area contributed by atoms with Crippen LogP contribution in [0.2, 0.25) is 0 Å². The molecule has 2 rings (SSSR count). The van der Waals surface area contributed by atoms with Crippen LogP contribution < -0.4 is 24.8 Å². The molecule has 0 nitrogen and oxygen atoms in total. The van der Waals surface area contributed by atoms with Gasteiger partial charge in [0.25, 0.3) is 0 Å². The van der Waals surface area contributed by atoms with E-state index in [1.165, 1.54) is 38.5 Å². The van der Waals surface area contributed by atoms with Crippen molar-refractivity contribution in [1.29, 1.82) is 0 Å². The number of halogens is 2. The van der Waals surface area contributed by atoms with Gasteiger partial charge in [-0.1, -0.05) is 0 Å². The fourth-order valence-corrected chi connectivity index (χ4v) is 7.97. The Bertz CT molecular complexity index is 365. The van der Waals surface area contributed by atoms with Gasteiger partial charge in [0, 0.05) is 0 Å². The fraction of sp³-hybridized carbons (Fsp3) is 0.500. The monoisotopic (exact) mass is 464 g/mol. The van der Waals surface area contributed by atoms with Crippen LogP contribution in [0, 0.1) is 0 Å². The minimum absolute atomic E-state index is 0. The Hall–Kier alpha value is 0.410. The smallest absolute Gasteiger partial charge is 1.00 e. The molecule has 0 saturated heterocycles. The van der Waals surface area contributed by atoms with Crippen LogP contribution in [0.5, 0.6) is 0 Å². The van der Waals surface area contributed by atoms with Crippen LogP contribution in [0.3, 0.4) is 0 Å². The van der Waals surface area contributed by atoms with E-state index in [1.54, 1.807) is 17.8 Å². The maximum Gasteiger partial charge on any atom is -1.00 e. The molecule has 0 saturated carbocycles. The van der Waals surface area contributed by atoms with Crippen molar-refractivity contribution in [3.8, 4) is 0 Å². The quantitative estimate of drug-likeness (QED) is 0.448. The molecule has 0 bridgehead atoms. The van der Waals surface area contributed by atoms with Gasteiger partial charge in [-0.3, -0.25) is 0 Å². The first kappa shape index (κ1) is 19.4. The van der Waals surface area contributed by atoms with E-state index in [1.807, 2.05) is 0 Å². The summed E-state index contributed by atoms with van der Waals surface area (Å²) in [7, 11) is 0. The maximum atomic E-state index is 2.44. The summed E-state index contributed by atoms with van der Waals surface area (Å²) in [6, 6.07) is 0. The minimum Gasteiger partial charge on any atom is -1.00 e. The zero-order valence-electron chi connectivity index (χ0n) is 11.8. The summed E-state index contributed by atoms with van der Waals surface area (Å²) in [5.41, 5.74) is 3.53. The van der Waals surface area contributed by atoms with Crippen molar-refractivity contribution < 1.29 is 47.7 Å². The summed E-state index contributed by atoms with van der Waals surface area (Å²) in [5.74, 6) is 0. The summed E-state index contributed by atoms with van der Waals surface area (Å²) in [6.07, 6.45) is 17.4. The van der Waals surface area contributed by atoms with E-state index in [9.17, 15) is 0 Å². The zero-order valence-corrected chi connectivity index (χ0v) is 16.9. The second-order valence-electron chi connectivity index (χ2n) is 4.87. The third-order valence-electron chi connectivity index (χ3n) is 3.43. The van der Waals surface area contributed by atoms with Crippen LogP contribution in [-0.4, -0.2) is 0 Å². The Morgan fingerprint density at radius 2 is 1.26 bits per heavy atom. The van der Waals surface area contributed by atoms with E-state index in [2.05, 4.69) is 38.2 Å². The molecule has 19 heavy (non-hydrogen) atoms. The fourth-order valence-electron chi connectivity index (χ4n) is 2.58. The Morgan fingerprint density at radius 1 is 0.842 bits per heavy atom. The molecule has 2 aliphatic rings. The molecule has 0 aromatic rings. The van der Waals surface area contributed by atoms with Crippen LogP contribution in [0.4, 0.5) is 0 Å². The van der Waals surface area contributed by atoms with Crippen molar-refractivity contribution in [3.05, 3.63) is 42.1 Å². The largest absolute Gasteiger partial charge is 1.00 e. The summed E-state index contributed by atoms with van der Waals surface area (Å²) in [6.45, 7) is 4.60. The second-order valence-corrected chi connectivity index (χ2v) is 9.64. The van der Waals surface area contributed by atoms with E-state index in [0.29, 0.717) is 0 Å². The SMILES string of the molecule is CCCC1=[C]([Hf+2][C]2=C(CCC)CC=C2)C=CC1.[Cl-].[Cl-]. The van der Waals surface area contributed by atoms with Gasteiger partial charge in [0.05, 0.1) is 0 Å². The topological polar surface area (TPSA) is 0 Å². The van der Waals surface area contributed by atoms with Gasteiger partial charge in [-0.15, -0.1) is 0 Å². The Kier molecular flexibility index (Phi) is 10.4. The van der Waals surface area contributed by atoms with Gasteiger partial charge in [-0.05, 0) is 0 Å². The molecule has 0 spiro atoms. The Morgan fingerprint density at radius 3 is 1.63 bits per heavy atom. The van der Waals surface area contributed by atoms with Crippen LogP contribution in [0.1, 0.15) is 52.4 Å². The molecule has 0 N–H and O–H groups in total. The van der Waals surface area contributed by atoms with Gasteiger partial charge in [0.1, 0.15) is 0 Å². The van der Waals surface area contributed by atoms with E-state index in [4.69, 9.17) is 0 Å². The molecule has 0 radical (unpaired) electrons. The number of hydrogen-bond donors (Lipinski definition) is 0. The van der Waals surface area contributed by atoms with E-state index >= 15 is 0 Å². The second kappa shape index (κ2) is 10.2. The molecule has 0 fully saturated rings. The molecular formula is C16H22Cl2Hf. The molecule has 0 heterocycles. The van der Waals surface area contributed by atoms with Gasteiger partial charge < -0.3 is 24.8 Å². The van der Waals surface area contributed by atoms with Crippen LogP contribution >= 0.6 is 0 Å². The molecule has 2 aliphatic carbocycles. The van der Waals surface area contributed by atoms with Gasteiger partial charge in [-0.2, -0.15) is 0 Å². The number of hydrogen-bond acceptors (Lipinski definition) is 0. The Labute approximate surface area is 141 Å². The van der Waals surface area contributed by atoms with Gasteiger partial charge >= 0.3 is 117 Å². The molecule has 3 heteroatoms. The summed E-state index contributed by atoms with van der Waals surface area (Å²) in [5, 5.41) is 0. The molecule has 0 atom stereocenters. The van der Waals surface area contributed by atoms with Crippen molar-refractivity contribution in [2.75, 3.05) is 0 Å². The normalized spacial score (nSPS) is 16.5. The van der Waals surface area contributed by atoms with Crippen molar-refractivity contribution in [1.82, 2.24) is 0 Å². The Balaban J connectivity index is 0.00000162. The van der Waals surface area contributed by atoms with Crippen molar-refractivity contribution in [3.63, 3.8) is 0 Å². The zero-order chi connectivity index (χ0) is 12.1. The van der Waals surface area contributed by atoms with Crippen LogP contribution in [0.15, 0.2) is 42.1 Å². The number of allylic oxidation sites excluding steroid dienone is 8. The third kappa shape index (κ3) is 5.36. The summed E-state index contributed by atoms with van der Waals surface area (Å²) in [4.78, 5) is 0. The van der Waals surface area contributed by atoms with Crippen molar-refractivity contribution in [2.45, 2.75) is 52.4 Å². The van der Waals surface area contributed by atoms with Crippen LogP contribution in [-0.2, 0) is 22.9 Å². The molecular weight excluding hydrogens is 442 g/mol. The molecule has 0 aromatic carbocycles. The first-order valence-electron chi connectivity index (χ1n) is 6.89. The first-order chi connectivity index (χ1) is 8.35. The minimum atomic E-state index is -0.731. The molecule has 0 aliphatic heterocycles. The predicted molar refractivity (Wildman–Crippen MR) is 71.4 cm³/mol. The van der Waals surface area contributed by atoms with Crippen molar-refractivity contribution >= 4 is 0 Å².